The van der Waals surface area contributed by atoms with Crippen LogP contribution < -0.4 is 5.32 Å². The number of halogens is 2. The highest BCUT2D eigenvalue weighted by molar-refractivity contribution is 9.10. The van der Waals surface area contributed by atoms with Gasteiger partial charge in [0.05, 0.1) is 12.2 Å². The van der Waals surface area contributed by atoms with Crippen molar-refractivity contribution in [2.45, 2.75) is 13.0 Å². The molecule has 4 heteroatoms. The van der Waals surface area contributed by atoms with Gasteiger partial charge in [-0.15, -0.1) is 0 Å². The lowest BCUT2D eigenvalue weighted by Gasteiger charge is -2.20. The molecular weight excluding hydrogens is 295 g/mol. The molecule has 0 bridgehead atoms. The van der Waals surface area contributed by atoms with E-state index in [9.17, 15) is 4.39 Å². The van der Waals surface area contributed by atoms with Crippen LogP contribution in [0, 0.1) is 12.7 Å². The number of hydrogen-bond acceptors (Lipinski definition) is 2. The predicted molar refractivity (Wildman–Crippen MR) is 74.0 cm³/mol. The van der Waals surface area contributed by atoms with Gasteiger partial charge in [0.1, 0.15) is 5.82 Å². The molecule has 0 aliphatic carbocycles. The number of hydrogen-bond donors (Lipinski definition) is 1. The topological polar surface area (TPSA) is 24.9 Å². The predicted octanol–water partition coefficient (Wildman–Crippen LogP) is 3.60. The van der Waals surface area contributed by atoms with Gasteiger partial charge >= 0.3 is 0 Å². The summed E-state index contributed by atoms with van der Waals surface area (Å²) in [4.78, 5) is 3.78. The van der Waals surface area contributed by atoms with Gasteiger partial charge < -0.3 is 5.32 Å². The van der Waals surface area contributed by atoms with Crippen LogP contribution in [-0.2, 0) is 0 Å². The lowest BCUT2D eigenvalue weighted by Crippen LogP contribution is -2.20. The number of pyridine rings is 1. The minimum Gasteiger partial charge on any atom is -0.309 e. The average Bonchev–Trinajstić information content (AvgIpc) is 2.34. The second kappa shape index (κ2) is 5.59. The van der Waals surface area contributed by atoms with Crippen LogP contribution in [0.15, 0.2) is 41.1 Å². The zero-order valence-electron chi connectivity index (χ0n) is 10.2. The highest BCUT2D eigenvalue weighted by Crippen LogP contribution is 2.27. The van der Waals surface area contributed by atoms with Crippen molar-refractivity contribution in [2.75, 3.05) is 7.05 Å². The summed E-state index contributed by atoms with van der Waals surface area (Å²) in [5, 5.41) is 3.15. The van der Waals surface area contributed by atoms with Crippen LogP contribution in [0.4, 0.5) is 4.39 Å². The summed E-state index contributed by atoms with van der Waals surface area (Å²) in [6, 6.07) is 7.53. The number of benzene rings is 1. The molecule has 1 atom stereocenters. The van der Waals surface area contributed by atoms with Crippen LogP contribution in [0.1, 0.15) is 22.7 Å². The summed E-state index contributed by atoms with van der Waals surface area (Å²) < 4.78 is 14.8. The molecule has 18 heavy (non-hydrogen) atoms. The molecule has 0 radical (unpaired) electrons. The van der Waals surface area contributed by atoms with Crippen LogP contribution in [0.25, 0.3) is 0 Å². The summed E-state index contributed by atoms with van der Waals surface area (Å²) in [7, 11) is 1.83. The van der Waals surface area contributed by atoms with E-state index in [1.54, 1.807) is 12.3 Å². The SMILES string of the molecule is CNC(c1ccc(Br)cc1C)c1ccncc1F. The van der Waals surface area contributed by atoms with Gasteiger partial charge in [-0.25, -0.2) is 4.39 Å². The van der Waals surface area contributed by atoms with Gasteiger partial charge in [-0.2, -0.15) is 0 Å². The van der Waals surface area contributed by atoms with E-state index in [0.717, 1.165) is 15.6 Å². The molecule has 0 saturated carbocycles. The molecule has 0 aliphatic rings. The Morgan fingerprint density at radius 1 is 1.28 bits per heavy atom. The van der Waals surface area contributed by atoms with Crippen molar-refractivity contribution in [3.63, 3.8) is 0 Å². The highest BCUT2D eigenvalue weighted by atomic mass is 79.9. The fourth-order valence-electron chi connectivity index (χ4n) is 2.06. The molecule has 1 heterocycles. The maximum absolute atomic E-state index is 13.8. The molecule has 1 aromatic carbocycles. The Balaban J connectivity index is 2.49. The Bertz CT molecular complexity index is 557. The average molecular weight is 309 g/mol. The fourth-order valence-corrected chi connectivity index (χ4v) is 2.54. The summed E-state index contributed by atoms with van der Waals surface area (Å²) in [5.41, 5.74) is 2.78. The minimum atomic E-state index is -0.292. The first kappa shape index (κ1) is 13.2. The van der Waals surface area contributed by atoms with Gasteiger partial charge in [0.25, 0.3) is 0 Å². The maximum atomic E-state index is 13.8. The van der Waals surface area contributed by atoms with Crippen molar-refractivity contribution in [1.29, 1.82) is 0 Å². The monoisotopic (exact) mass is 308 g/mol. The molecule has 1 unspecified atom stereocenters. The van der Waals surface area contributed by atoms with Gasteiger partial charge in [-0.3, -0.25) is 4.98 Å². The number of nitrogens with one attached hydrogen (secondary N) is 1. The van der Waals surface area contributed by atoms with E-state index in [-0.39, 0.29) is 11.9 Å². The lowest BCUT2D eigenvalue weighted by molar-refractivity contribution is 0.570. The standard InChI is InChI=1S/C14H14BrFN2/c1-9-7-10(15)3-4-11(9)14(17-2)12-5-6-18-8-13(12)16/h3-8,14,17H,1-2H3. The first-order chi connectivity index (χ1) is 8.63. The van der Waals surface area contributed by atoms with Crippen LogP contribution in [0.3, 0.4) is 0 Å². The van der Waals surface area contributed by atoms with Gasteiger partial charge in [0.2, 0.25) is 0 Å². The number of aromatic nitrogens is 1. The molecule has 0 saturated heterocycles. The zero-order valence-corrected chi connectivity index (χ0v) is 11.8. The van der Waals surface area contributed by atoms with Crippen LogP contribution >= 0.6 is 15.9 Å². The van der Waals surface area contributed by atoms with E-state index in [2.05, 4.69) is 26.2 Å². The van der Waals surface area contributed by atoms with E-state index in [1.165, 1.54) is 6.20 Å². The fraction of sp³-hybridized carbons (Fsp3) is 0.214. The third kappa shape index (κ3) is 2.60. The smallest absolute Gasteiger partial charge is 0.146 e. The van der Waals surface area contributed by atoms with E-state index in [4.69, 9.17) is 0 Å². The summed E-state index contributed by atoms with van der Waals surface area (Å²) in [5.74, 6) is -0.292. The van der Waals surface area contributed by atoms with Gasteiger partial charge in [0, 0.05) is 16.2 Å². The number of rotatable bonds is 3. The molecule has 1 N–H and O–H groups in total. The largest absolute Gasteiger partial charge is 0.309 e. The van der Waals surface area contributed by atoms with Crippen molar-refractivity contribution in [3.8, 4) is 0 Å². The van der Waals surface area contributed by atoms with Gasteiger partial charge in [0.15, 0.2) is 0 Å². The molecule has 0 fully saturated rings. The molecule has 94 valence electrons. The highest BCUT2D eigenvalue weighted by Gasteiger charge is 2.17. The lowest BCUT2D eigenvalue weighted by atomic mass is 9.95. The third-order valence-electron chi connectivity index (χ3n) is 2.95. The van der Waals surface area contributed by atoms with Gasteiger partial charge in [-0.1, -0.05) is 22.0 Å². The maximum Gasteiger partial charge on any atom is 0.146 e. The number of aryl methyl sites for hydroxylation is 1. The first-order valence-electron chi connectivity index (χ1n) is 5.66. The van der Waals surface area contributed by atoms with Crippen molar-refractivity contribution in [3.05, 3.63) is 63.6 Å². The van der Waals surface area contributed by atoms with E-state index >= 15 is 0 Å². The Morgan fingerprint density at radius 3 is 2.67 bits per heavy atom. The molecule has 2 rings (SSSR count). The second-order valence-electron chi connectivity index (χ2n) is 4.12. The van der Waals surface area contributed by atoms with Crippen molar-refractivity contribution >= 4 is 15.9 Å². The summed E-state index contributed by atoms with van der Waals surface area (Å²) in [6.45, 7) is 2.02. The first-order valence-corrected chi connectivity index (χ1v) is 6.45. The van der Waals surface area contributed by atoms with Crippen molar-refractivity contribution in [1.82, 2.24) is 10.3 Å². The molecule has 1 aromatic heterocycles. The van der Waals surface area contributed by atoms with Crippen LogP contribution in [0.2, 0.25) is 0 Å². The third-order valence-corrected chi connectivity index (χ3v) is 3.44. The minimum absolute atomic E-state index is 0.166. The molecule has 0 amide bonds. The normalized spacial score (nSPS) is 12.4. The van der Waals surface area contributed by atoms with Crippen molar-refractivity contribution in [2.24, 2.45) is 0 Å². The number of nitrogens with zero attached hydrogens (tertiary/aromatic N) is 1. The van der Waals surface area contributed by atoms with Crippen molar-refractivity contribution < 1.29 is 4.39 Å². The van der Waals surface area contributed by atoms with E-state index < -0.39 is 0 Å². The zero-order chi connectivity index (χ0) is 13.1. The molecule has 0 spiro atoms. The van der Waals surface area contributed by atoms with Crippen LogP contribution in [-0.4, -0.2) is 12.0 Å². The second-order valence-corrected chi connectivity index (χ2v) is 5.04. The quantitative estimate of drug-likeness (QED) is 0.937. The summed E-state index contributed by atoms with van der Waals surface area (Å²) >= 11 is 3.43. The Hall–Kier alpha value is -1.26. The molecule has 2 nitrogen and oxygen atoms in total. The summed E-state index contributed by atoms with van der Waals surface area (Å²) in [6.07, 6.45) is 2.85. The molecule has 2 aromatic rings. The Kier molecular flexibility index (Phi) is 4.09. The Labute approximate surface area is 114 Å². The van der Waals surface area contributed by atoms with E-state index in [0.29, 0.717) is 5.56 Å². The molecular formula is C14H14BrFN2. The van der Waals surface area contributed by atoms with E-state index in [1.807, 2.05) is 32.2 Å². The Morgan fingerprint density at radius 2 is 2.06 bits per heavy atom. The van der Waals surface area contributed by atoms with Crippen LogP contribution in [0.5, 0.6) is 0 Å². The van der Waals surface area contributed by atoms with Gasteiger partial charge in [-0.05, 0) is 43.3 Å². The molecule has 0 aliphatic heterocycles.